The predicted molar refractivity (Wildman–Crippen MR) is 123 cm³/mol. The van der Waals surface area contributed by atoms with E-state index in [2.05, 4.69) is 10.1 Å². The Morgan fingerprint density at radius 3 is 2.69 bits per heavy atom. The number of aryl methyl sites for hydroxylation is 1. The Morgan fingerprint density at radius 2 is 1.88 bits per heavy atom. The molecule has 1 fully saturated rings. The second-order valence-corrected chi connectivity index (χ2v) is 8.29. The zero-order chi connectivity index (χ0) is 22.1. The molecule has 2 aromatic heterocycles. The van der Waals surface area contributed by atoms with Gasteiger partial charge in [-0.3, -0.25) is 9.78 Å². The van der Waals surface area contributed by atoms with Gasteiger partial charge < -0.3 is 14.2 Å². The van der Waals surface area contributed by atoms with Gasteiger partial charge in [-0.2, -0.15) is 0 Å². The van der Waals surface area contributed by atoms with Gasteiger partial charge in [0.05, 0.1) is 5.02 Å². The predicted octanol–water partition coefficient (Wildman–Crippen LogP) is 5.54. The number of hydrogen-bond acceptors (Lipinski definition) is 5. The summed E-state index contributed by atoms with van der Waals surface area (Å²) in [5, 5.41) is 5.71. The van der Waals surface area contributed by atoms with Crippen LogP contribution in [-0.4, -0.2) is 40.1 Å². The Hall–Kier alpha value is -3.38. The van der Waals surface area contributed by atoms with E-state index < -0.39 is 0 Å². The molecule has 1 amide bonds. The lowest BCUT2D eigenvalue weighted by Gasteiger charge is -2.32. The number of likely N-dealkylation sites (tertiary alicyclic amines) is 1. The number of para-hydroxylation sites is 1. The van der Waals surface area contributed by atoms with Crippen molar-refractivity contribution in [1.82, 2.24) is 15.0 Å². The molecule has 3 heterocycles. The van der Waals surface area contributed by atoms with Crippen LogP contribution in [0.2, 0.25) is 5.02 Å². The molecule has 7 heteroatoms. The number of carbonyl (C=O) groups excluding carboxylic acids is 1. The molecule has 0 radical (unpaired) electrons. The minimum absolute atomic E-state index is 0.0262. The normalized spacial score (nSPS) is 14.6. The Labute approximate surface area is 190 Å². The molecule has 32 heavy (non-hydrogen) atoms. The quantitative estimate of drug-likeness (QED) is 0.411. The van der Waals surface area contributed by atoms with E-state index in [9.17, 15) is 4.79 Å². The summed E-state index contributed by atoms with van der Waals surface area (Å²) in [7, 11) is 0. The van der Waals surface area contributed by atoms with Crippen LogP contribution in [0.25, 0.3) is 22.2 Å². The molecule has 0 aliphatic carbocycles. The minimum Gasteiger partial charge on any atom is -0.488 e. The first-order valence-corrected chi connectivity index (χ1v) is 11.0. The van der Waals surface area contributed by atoms with Crippen LogP contribution in [0.3, 0.4) is 0 Å². The number of aromatic nitrogens is 2. The van der Waals surface area contributed by atoms with Crippen molar-refractivity contribution in [3.05, 3.63) is 77.1 Å². The van der Waals surface area contributed by atoms with Gasteiger partial charge in [0.15, 0.2) is 0 Å². The van der Waals surface area contributed by atoms with E-state index in [-0.39, 0.29) is 12.0 Å². The number of nitrogens with zero attached hydrogens (tertiary/aromatic N) is 3. The summed E-state index contributed by atoms with van der Waals surface area (Å²) in [4.78, 5) is 19.7. The molecule has 4 aromatic rings. The molecular formula is C25H22ClN3O3. The summed E-state index contributed by atoms with van der Waals surface area (Å²) < 4.78 is 11.6. The van der Waals surface area contributed by atoms with Crippen molar-refractivity contribution in [3.63, 3.8) is 0 Å². The van der Waals surface area contributed by atoms with Crippen LogP contribution in [-0.2, 0) is 0 Å². The summed E-state index contributed by atoms with van der Waals surface area (Å²) in [6, 6.07) is 17.2. The second-order valence-electron chi connectivity index (χ2n) is 7.88. The van der Waals surface area contributed by atoms with Gasteiger partial charge in [0.1, 0.15) is 34.4 Å². The zero-order valence-corrected chi connectivity index (χ0v) is 18.4. The highest BCUT2D eigenvalue weighted by Crippen LogP contribution is 2.33. The molecular weight excluding hydrogens is 426 g/mol. The molecule has 0 atom stereocenters. The minimum atomic E-state index is -0.0936. The Morgan fingerprint density at radius 1 is 1.09 bits per heavy atom. The van der Waals surface area contributed by atoms with Crippen molar-refractivity contribution < 1.29 is 14.1 Å². The number of benzene rings is 2. The average molecular weight is 448 g/mol. The SMILES string of the molecule is Cc1onc(-c2ccccc2Cl)c1C(=O)N1CCC(Oc2cccc3cccnc23)CC1. The van der Waals surface area contributed by atoms with Crippen molar-refractivity contribution in [1.29, 1.82) is 0 Å². The molecule has 0 unspecified atom stereocenters. The number of piperidine rings is 1. The van der Waals surface area contributed by atoms with E-state index in [1.807, 2.05) is 53.4 Å². The molecule has 6 nitrogen and oxygen atoms in total. The van der Waals surface area contributed by atoms with Crippen LogP contribution in [0.15, 0.2) is 65.3 Å². The molecule has 0 bridgehead atoms. The van der Waals surface area contributed by atoms with E-state index in [4.69, 9.17) is 20.9 Å². The first-order chi connectivity index (χ1) is 15.6. The number of halogens is 1. The van der Waals surface area contributed by atoms with Crippen LogP contribution >= 0.6 is 11.6 Å². The fourth-order valence-corrected chi connectivity index (χ4v) is 4.37. The maximum absolute atomic E-state index is 13.4. The lowest BCUT2D eigenvalue weighted by molar-refractivity contribution is 0.0596. The van der Waals surface area contributed by atoms with Crippen LogP contribution in [0.1, 0.15) is 29.0 Å². The standard InChI is InChI=1S/C25H22ClN3O3/c1-16-22(24(28-32-16)19-8-2-3-9-20(19)26)25(30)29-14-11-18(12-15-29)31-21-10-4-6-17-7-5-13-27-23(17)21/h2-10,13,18H,11-12,14-15H2,1H3. The summed E-state index contributed by atoms with van der Waals surface area (Å²) in [6.45, 7) is 2.94. The largest absolute Gasteiger partial charge is 0.488 e. The van der Waals surface area contributed by atoms with E-state index in [0.717, 1.165) is 29.5 Å². The monoisotopic (exact) mass is 447 g/mol. The number of amides is 1. The summed E-state index contributed by atoms with van der Waals surface area (Å²) in [5.41, 5.74) is 2.50. The van der Waals surface area contributed by atoms with Gasteiger partial charge in [0, 0.05) is 43.1 Å². The number of fused-ring (bicyclic) bond motifs is 1. The second kappa shape index (κ2) is 8.63. The third-order valence-electron chi connectivity index (χ3n) is 5.82. The van der Waals surface area contributed by atoms with Crippen molar-refractivity contribution in [2.24, 2.45) is 0 Å². The average Bonchev–Trinajstić information content (AvgIpc) is 3.21. The van der Waals surface area contributed by atoms with Crippen LogP contribution in [0.5, 0.6) is 5.75 Å². The smallest absolute Gasteiger partial charge is 0.259 e. The fraction of sp³-hybridized carbons (Fsp3) is 0.240. The van der Waals surface area contributed by atoms with Crippen molar-refractivity contribution in [2.75, 3.05) is 13.1 Å². The van der Waals surface area contributed by atoms with Gasteiger partial charge in [0.2, 0.25) is 0 Å². The third kappa shape index (κ3) is 3.82. The van der Waals surface area contributed by atoms with E-state index in [1.165, 1.54) is 0 Å². The highest BCUT2D eigenvalue weighted by molar-refractivity contribution is 6.33. The van der Waals surface area contributed by atoms with Gasteiger partial charge in [-0.05, 0) is 25.1 Å². The lowest BCUT2D eigenvalue weighted by atomic mass is 10.0. The maximum atomic E-state index is 13.4. The Balaban J connectivity index is 1.31. The number of ether oxygens (including phenoxy) is 1. The lowest BCUT2D eigenvalue weighted by Crippen LogP contribution is -2.42. The van der Waals surface area contributed by atoms with Crippen molar-refractivity contribution in [3.8, 4) is 17.0 Å². The van der Waals surface area contributed by atoms with E-state index >= 15 is 0 Å². The first-order valence-electron chi connectivity index (χ1n) is 10.6. The van der Waals surface area contributed by atoms with Gasteiger partial charge in [-0.1, -0.05) is 53.2 Å². The van der Waals surface area contributed by atoms with E-state index in [1.54, 1.807) is 19.2 Å². The zero-order valence-electron chi connectivity index (χ0n) is 17.6. The number of pyridine rings is 1. The summed E-state index contributed by atoms with van der Waals surface area (Å²) in [5.74, 6) is 1.18. The first kappa shape index (κ1) is 20.5. The molecule has 1 aliphatic heterocycles. The van der Waals surface area contributed by atoms with Crippen LogP contribution in [0, 0.1) is 6.92 Å². The molecule has 0 N–H and O–H groups in total. The highest BCUT2D eigenvalue weighted by Gasteiger charge is 2.30. The molecule has 1 aliphatic rings. The number of rotatable bonds is 4. The number of carbonyl (C=O) groups is 1. The summed E-state index contributed by atoms with van der Waals surface area (Å²) in [6.07, 6.45) is 3.27. The van der Waals surface area contributed by atoms with Crippen molar-refractivity contribution in [2.45, 2.75) is 25.9 Å². The van der Waals surface area contributed by atoms with Gasteiger partial charge >= 0.3 is 0 Å². The van der Waals surface area contributed by atoms with Crippen LogP contribution in [0.4, 0.5) is 0 Å². The van der Waals surface area contributed by atoms with Gasteiger partial charge in [-0.25, -0.2) is 0 Å². The molecule has 5 rings (SSSR count). The molecule has 0 spiro atoms. The molecule has 162 valence electrons. The van der Waals surface area contributed by atoms with Gasteiger partial charge in [-0.15, -0.1) is 0 Å². The Bertz CT molecular complexity index is 1270. The topological polar surface area (TPSA) is 68.5 Å². The van der Waals surface area contributed by atoms with Crippen molar-refractivity contribution >= 4 is 28.4 Å². The maximum Gasteiger partial charge on any atom is 0.259 e. The van der Waals surface area contributed by atoms with E-state index in [0.29, 0.717) is 40.7 Å². The summed E-state index contributed by atoms with van der Waals surface area (Å²) >= 11 is 6.34. The molecule has 1 saturated heterocycles. The molecule has 0 saturated carbocycles. The molecule has 2 aromatic carbocycles. The van der Waals surface area contributed by atoms with Gasteiger partial charge in [0.25, 0.3) is 5.91 Å². The van der Waals surface area contributed by atoms with Crippen LogP contribution < -0.4 is 4.74 Å². The third-order valence-corrected chi connectivity index (χ3v) is 6.15. The number of hydrogen-bond donors (Lipinski definition) is 0. The fourth-order valence-electron chi connectivity index (χ4n) is 4.15. The highest BCUT2D eigenvalue weighted by atomic mass is 35.5. The Kier molecular flexibility index (Phi) is 5.53.